The van der Waals surface area contributed by atoms with E-state index in [1.807, 2.05) is 31.2 Å². The first-order valence-corrected chi connectivity index (χ1v) is 6.30. The summed E-state index contributed by atoms with van der Waals surface area (Å²) in [7, 11) is 0. The Morgan fingerprint density at radius 2 is 2.00 bits per heavy atom. The molecular formula is C14H18N4O. The zero-order chi connectivity index (χ0) is 13.7. The Bertz CT molecular complexity index is 508. The van der Waals surface area contributed by atoms with Crippen molar-refractivity contribution in [2.75, 3.05) is 0 Å². The highest BCUT2D eigenvalue weighted by atomic mass is 16.5. The Labute approximate surface area is 113 Å². The van der Waals surface area contributed by atoms with E-state index in [2.05, 4.69) is 34.3 Å². The van der Waals surface area contributed by atoms with Crippen LogP contribution >= 0.6 is 0 Å². The van der Waals surface area contributed by atoms with Gasteiger partial charge in [-0.15, -0.1) is 5.10 Å². The molecular weight excluding hydrogens is 240 g/mol. The molecule has 1 N–H and O–H groups in total. The third-order valence-electron chi connectivity index (χ3n) is 2.49. The highest BCUT2D eigenvalue weighted by Gasteiger charge is 2.02. The molecule has 100 valence electrons. The molecule has 0 radical (unpaired) electrons. The smallest absolute Gasteiger partial charge is 0.238 e. The number of aromatic nitrogens is 3. The first kappa shape index (κ1) is 13.4. The van der Waals surface area contributed by atoms with Crippen LogP contribution in [0.1, 0.15) is 25.2 Å². The number of rotatable bonds is 5. The second kappa shape index (κ2) is 6.24. The van der Waals surface area contributed by atoms with Gasteiger partial charge in [0, 0.05) is 24.3 Å². The minimum absolute atomic E-state index is 0.427. The first-order chi connectivity index (χ1) is 9.13. The van der Waals surface area contributed by atoms with Crippen LogP contribution in [0.5, 0.6) is 11.6 Å². The summed E-state index contributed by atoms with van der Waals surface area (Å²) in [4.78, 5) is 4.16. The molecule has 0 spiro atoms. The van der Waals surface area contributed by atoms with Crippen molar-refractivity contribution in [2.24, 2.45) is 0 Å². The van der Waals surface area contributed by atoms with Gasteiger partial charge < -0.3 is 10.1 Å². The average Bonchev–Trinajstić information content (AvgIpc) is 2.40. The van der Waals surface area contributed by atoms with E-state index in [0.717, 1.165) is 11.4 Å². The molecule has 5 nitrogen and oxygen atoms in total. The summed E-state index contributed by atoms with van der Waals surface area (Å²) in [6, 6.07) is 7.89. The van der Waals surface area contributed by atoms with Crippen molar-refractivity contribution in [2.45, 2.75) is 33.4 Å². The molecule has 0 aromatic carbocycles. The maximum absolute atomic E-state index is 5.56. The summed E-state index contributed by atoms with van der Waals surface area (Å²) >= 11 is 0. The Hall–Kier alpha value is -2.01. The molecule has 5 heteroatoms. The van der Waals surface area contributed by atoms with Crippen LogP contribution in [0.15, 0.2) is 30.5 Å². The molecule has 2 heterocycles. The van der Waals surface area contributed by atoms with Crippen LogP contribution in [0, 0.1) is 6.92 Å². The van der Waals surface area contributed by atoms with E-state index in [1.54, 1.807) is 6.20 Å². The lowest BCUT2D eigenvalue weighted by molar-refractivity contribution is 0.450. The van der Waals surface area contributed by atoms with Crippen LogP contribution in [-0.2, 0) is 6.54 Å². The van der Waals surface area contributed by atoms with Crippen molar-refractivity contribution in [1.82, 2.24) is 20.5 Å². The number of aryl methyl sites for hydroxylation is 1. The van der Waals surface area contributed by atoms with Gasteiger partial charge in [-0.25, -0.2) is 0 Å². The van der Waals surface area contributed by atoms with E-state index >= 15 is 0 Å². The fourth-order valence-electron chi connectivity index (χ4n) is 1.44. The van der Waals surface area contributed by atoms with E-state index in [4.69, 9.17) is 4.74 Å². The fourth-order valence-corrected chi connectivity index (χ4v) is 1.44. The molecule has 0 aliphatic rings. The van der Waals surface area contributed by atoms with Crippen molar-refractivity contribution >= 4 is 0 Å². The van der Waals surface area contributed by atoms with Gasteiger partial charge in [-0.2, -0.15) is 5.10 Å². The lowest BCUT2D eigenvalue weighted by atomic mass is 10.3. The lowest BCUT2D eigenvalue weighted by Crippen LogP contribution is -2.22. The summed E-state index contributed by atoms with van der Waals surface area (Å²) in [6.45, 7) is 6.82. The Morgan fingerprint density at radius 3 is 2.58 bits per heavy atom. The predicted octanol–water partition coefficient (Wildman–Crippen LogP) is 2.47. The molecule has 0 atom stereocenters. The molecule has 2 aromatic heterocycles. The molecule has 0 aliphatic heterocycles. The molecule has 19 heavy (non-hydrogen) atoms. The number of nitrogens with zero attached hydrogens (tertiary/aromatic N) is 3. The van der Waals surface area contributed by atoms with Crippen molar-refractivity contribution in [3.8, 4) is 11.6 Å². The normalized spacial score (nSPS) is 10.7. The van der Waals surface area contributed by atoms with Gasteiger partial charge in [-0.1, -0.05) is 13.8 Å². The van der Waals surface area contributed by atoms with Gasteiger partial charge in [0.05, 0.1) is 11.9 Å². The van der Waals surface area contributed by atoms with Gasteiger partial charge in [0.2, 0.25) is 5.88 Å². The van der Waals surface area contributed by atoms with E-state index in [-0.39, 0.29) is 0 Å². The quantitative estimate of drug-likeness (QED) is 0.892. The standard InChI is InChI=1S/C14H18N4O/c1-10(2)15-8-12-5-7-14(18-17-12)19-13-6-4-11(3)16-9-13/h4-7,9-10,15H,8H2,1-3H3. The summed E-state index contributed by atoms with van der Waals surface area (Å²) < 4.78 is 5.56. The van der Waals surface area contributed by atoms with Crippen molar-refractivity contribution in [3.63, 3.8) is 0 Å². The van der Waals surface area contributed by atoms with Crippen LogP contribution in [-0.4, -0.2) is 21.2 Å². The lowest BCUT2D eigenvalue weighted by Gasteiger charge is -2.07. The molecule has 0 amide bonds. The third-order valence-corrected chi connectivity index (χ3v) is 2.49. The van der Waals surface area contributed by atoms with Gasteiger partial charge in [0.15, 0.2) is 0 Å². The van der Waals surface area contributed by atoms with E-state index in [0.29, 0.717) is 24.2 Å². The number of ether oxygens (including phenoxy) is 1. The Morgan fingerprint density at radius 1 is 1.16 bits per heavy atom. The number of pyridine rings is 1. The van der Waals surface area contributed by atoms with Crippen molar-refractivity contribution in [1.29, 1.82) is 0 Å². The van der Waals surface area contributed by atoms with E-state index in [1.165, 1.54) is 0 Å². The molecule has 0 bridgehead atoms. The van der Waals surface area contributed by atoms with Crippen LogP contribution in [0.25, 0.3) is 0 Å². The first-order valence-electron chi connectivity index (χ1n) is 6.30. The van der Waals surface area contributed by atoms with E-state index in [9.17, 15) is 0 Å². The second-order valence-electron chi connectivity index (χ2n) is 4.64. The summed E-state index contributed by atoms with van der Waals surface area (Å²) in [6.07, 6.45) is 1.67. The minimum Gasteiger partial charge on any atom is -0.436 e. The number of hydrogen-bond donors (Lipinski definition) is 1. The molecule has 2 rings (SSSR count). The number of hydrogen-bond acceptors (Lipinski definition) is 5. The maximum Gasteiger partial charge on any atom is 0.238 e. The largest absolute Gasteiger partial charge is 0.436 e. The van der Waals surface area contributed by atoms with Crippen LogP contribution in [0.3, 0.4) is 0 Å². The van der Waals surface area contributed by atoms with Crippen LogP contribution in [0.2, 0.25) is 0 Å². The highest BCUT2D eigenvalue weighted by molar-refractivity contribution is 5.24. The molecule has 0 saturated heterocycles. The van der Waals surface area contributed by atoms with Gasteiger partial charge in [-0.3, -0.25) is 4.98 Å². The van der Waals surface area contributed by atoms with Gasteiger partial charge in [0.1, 0.15) is 5.75 Å². The SMILES string of the molecule is Cc1ccc(Oc2ccc(CNC(C)C)nn2)cn1. The van der Waals surface area contributed by atoms with Crippen LogP contribution in [0.4, 0.5) is 0 Å². The minimum atomic E-state index is 0.427. The topological polar surface area (TPSA) is 59.9 Å². The molecule has 0 unspecified atom stereocenters. The van der Waals surface area contributed by atoms with Gasteiger partial charge in [-0.05, 0) is 25.1 Å². The molecule has 2 aromatic rings. The summed E-state index contributed by atoms with van der Waals surface area (Å²) in [5.41, 5.74) is 1.84. The van der Waals surface area contributed by atoms with Gasteiger partial charge in [0.25, 0.3) is 0 Å². The Kier molecular flexibility index (Phi) is 4.41. The second-order valence-corrected chi connectivity index (χ2v) is 4.64. The zero-order valence-electron chi connectivity index (χ0n) is 11.4. The monoisotopic (exact) mass is 258 g/mol. The zero-order valence-corrected chi connectivity index (χ0v) is 11.4. The maximum atomic E-state index is 5.56. The average molecular weight is 258 g/mol. The molecule has 0 aliphatic carbocycles. The fraction of sp³-hybridized carbons (Fsp3) is 0.357. The van der Waals surface area contributed by atoms with E-state index < -0.39 is 0 Å². The molecule has 0 fully saturated rings. The summed E-state index contributed by atoms with van der Waals surface area (Å²) in [5, 5.41) is 11.4. The molecule has 0 saturated carbocycles. The van der Waals surface area contributed by atoms with Crippen molar-refractivity contribution < 1.29 is 4.74 Å². The Balaban J connectivity index is 1.96. The predicted molar refractivity (Wildman–Crippen MR) is 73.1 cm³/mol. The number of nitrogens with one attached hydrogen (secondary N) is 1. The van der Waals surface area contributed by atoms with Gasteiger partial charge >= 0.3 is 0 Å². The van der Waals surface area contributed by atoms with Crippen molar-refractivity contribution in [3.05, 3.63) is 41.9 Å². The highest BCUT2D eigenvalue weighted by Crippen LogP contribution is 2.17. The third kappa shape index (κ3) is 4.30. The summed E-state index contributed by atoms with van der Waals surface area (Å²) in [5.74, 6) is 1.13. The van der Waals surface area contributed by atoms with Crippen LogP contribution < -0.4 is 10.1 Å².